The van der Waals surface area contributed by atoms with Gasteiger partial charge in [0.1, 0.15) is 22.4 Å². The molecule has 36 heavy (non-hydrogen) atoms. The van der Waals surface area contributed by atoms with Crippen LogP contribution in [0.4, 0.5) is 0 Å². The molecule has 0 saturated carbocycles. The van der Waals surface area contributed by atoms with Gasteiger partial charge in [-0.15, -0.1) is 0 Å². The van der Waals surface area contributed by atoms with Crippen molar-refractivity contribution in [2.45, 2.75) is 53.8 Å². The van der Waals surface area contributed by atoms with Gasteiger partial charge in [0.15, 0.2) is 5.82 Å². The van der Waals surface area contributed by atoms with E-state index in [2.05, 4.69) is 36.9 Å². The molecule has 0 radical (unpaired) electrons. The molecule has 3 heterocycles. The molecule has 0 aliphatic carbocycles. The Balaban J connectivity index is 1.75. The number of ether oxygens (including phenoxy) is 1. The maximum absolute atomic E-state index is 13.5. The van der Waals surface area contributed by atoms with E-state index in [1.54, 1.807) is 30.8 Å². The van der Waals surface area contributed by atoms with Crippen LogP contribution >= 0.6 is 15.9 Å². The summed E-state index contributed by atoms with van der Waals surface area (Å²) in [5.74, 6) is 0.793. The standard InChI is InChI=1S/C28H29BrN4O3/c1-16-8-7-9-20(10-16)15-36-23-11-19(4)33(26(34)24(23)29)22-12-21(30-13-17(22)2)25-18(3)14-31-27(32-25)28(5,6)35/h7-14,35H,15H2,1-6H3. The summed E-state index contributed by atoms with van der Waals surface area (Å²) in [6.45, 7) is 11.3. The molecule has 0 saturated heterocycles. The van der Waals surface area contributed by atoms with Crippen molar-refractivity contribution < 1.29 is 9.84 Å². The molecular weight excluding hydrogens is 520 g/mol. The van der Waals surface area contributed by atoms with Crippen molar-refractivity contribution in [1.29, 1.82) is 0 Å². The molecule has 1 N–H and O–H groups in total. The van der Waals surface area contributed by atoms with Crippen molar-refractivity contribution in [3.63, 3.8) is 0 Å². The van der Waals surface area contributed by atoms with Gasteiger partial charge in [0.25, 0.3) is 5.56 Å². The Labute approximate surface area is 219 Å². The highest BCUT2D eigenvalue weighted by atomic mass is 79.9. The number of aryl methyl sites for hydroxylation is 4. The zero-order chi connectivity index (χ0) is 26.2. The van der Waals surface area contributed by atoms with Crippen LogP contribution in [0.25, 0.3) is 17.1 Å². The fraction of sp³-hybridized carbons (Fsp3) is 0.286. The van der Waals surface area contributed by atoms with E-state index < -0.39 is 5.60 Å². The highest BCUT2D eigenvalue weighted by Gasteiger charge is 2.22. The summed E-state index contributed by atoms with van der Waals surface area (Å²) >= 11 is 3.46. The van der Waals surface area contributed by atoms with Crippen molar-refractivity contribution in [1.82, 2.24) is 19.5 Å². The van der Waals surface area contributed by atoms with Gasteiger partial charge >= 0.3 is 0 Å². The number of benzene rings is 1. The second-order valence-corrected chi connectivity index (χ2v) is 10.3. The zero-order valence-electron chi connectivity index (χ0n) is 21.3. The van der Waals surface area contributed by atoms with Crippen LogP contribution < -0.4 is 10.3 Å². The summed E-state index contributed by atoms with van der Waals surface area (Å²) < 4.78 is 7.99. The van der Waals surface area contributed by atoms with Crippen LogP contribution in [0.2, 0.25) is 0 Å². The maximum Gasteiger partial charge on any atom is 0.273 e. The lowest BCUT2D eigenvalue weighted by molar-refractivity contribution is 0.0688. The Morgan fingerprint density at radius 2 is 1.75 bits per heavy atom. The molecule has 0 fully saturated rings. The lowest BCUT2D eigenvalue weighted by atomic mass is 10.1. The van der Waals surface area contributed by atoms with Crippen molar-refractivity contribution in [3.05, 3.63) is 97.4 Å². The predicted octanol–water partition coefficient (Wildman–Crippen LogP) is 5.49. The van der Waals surface area contributed by atoms with E-state index in [-0.39, 0.29) is 5.56 Å². The molecule has 0 spiro atoms. The van der Waals surface area contributed by atoms with Crippen LogP contribution in [0, 0.1) is 27.7 Å². The van der Waals surface area contributed by atoms with E-state index in [0.29, 0.717) is 39.7 Å². The highest BCUT2D eigenvalue weighted by molar-refractivity contribution is 9.10. The quantitative estimate of drug-likeness (QED) is 0.342. The van der Waals surface area contributed by atoms with Gasteiger partial charge in [-0.1, -0.05) is 29.8 Å². The van der Waals surface area contributed by atoms with Gasteiger partial charge in [-0.2, -0.15) is 0 Å². The third-order valence-corrected chi connectivity index (χ3v) is 6.58. The SMILES string of the molecule is Cc1cccc(COc2cc(C)n(-c3cc(-c4nc(C(C)(C)O)ncc4C)ncc3C)c(=O)c2Br)c1. The molecule has 4 rings (SSSR count). The third-order valence-electron chi connectivity index (χ3n) is 5.85. The number of halogens is 1. The number of hydrogen-bond donors (Lipinski definition) is 1. The summed E-state index contributed by atoms with van der Waals surface area (Å²) in [5, 5.41) is 10.4. The molecule has 0 aliphatic heterocycles. The first-order chi connectivity index (χ1) is 17.0. The van der Waals surface area contributed by atoms with Gasteiger partial charge in [-0.25, -0.2) is 9.97 Å². The Kier molecular flexibility index (Phi) is 7.11. The summed E-state index contributed by atoms with van der Waals surface area (Å²) in [6, 6.07) is 11.8. The molecule has 1 aromatic carbocycles. The van der Waals surface area contributed by atoms with Crippen molar-refractivity contribution in [2.24, 2.45) is 0 Å². The first kappa shape index (κ1) is 25.7. The van der Waals surface area contributed by atoms with E-state index in [1.807, 2.05) is 58.0 Å². The van der Waals surface area contributed by atoms with Gasteiger partial charge < -0.3 is 9.84 Å². The molecule has 186 valence electrons. The Bertz CT molecular complexity index is 1510. The maximum atomic E-state index is 13.5. The Morgan fingerprint density at radius 3 is 2.44 bits per heavy atom. The van der Waals surface area contributed by atoms with E-state index in [4.69, 9.17) is 4.74 Å². The molecule has 7 nitrogen and oxygen atoms in total. The number of aliphatic hydroxyl groups is 1. The first-order valence-electron chi connectivity index (χ1n) is 11.6. The molecule has 0 unspecified atom stereocenters. The highest BCUT2D eigenvalue weighted by Crippen LogP contribution is 2.29. The molecule has 4 aromatic rings. The van der Waals surface area contributed by atoms with E-state index >= 15 is 0 Å². The largest absolute Gasteiger partial charge is 0.487 e. The number of aromatic nitrogens is 4. The number of pyridine rings is 2. The summed E-state index contributed by atoms with van der Waals surface area (Å²) in [5.41, 5.74) is 5.01. The fourth-order valence-electron chi connectivity index (χ4n) is 3.93. The van der Waals surface area contributed by atoms with Crippen LogP contribution in [-0.4, -0.2) is 24.6 Å². The zero-order valence-corrected chi connectivity index (χ0v) is 22.8. The normalized spacial score (nSPS) is 11.6. The Hall–Kier alpha value is -3.36. The van der Waals surface area contributed by atoms with E-state index in [1.165, 1.54) is 0 Å². The third kappa shape index (κ3) is 5.24. The summed E-state index contributed by atoms with van der Waals surface area (Å²) in [4.78, 5) is 26.9. The minimum absolute atomic E-state index is 0.230. The van der Waals surface area contributed by atoms with Gasteiger partial charge in [-0.05, 0) is 80.2 Å². The van der Waals surface area contributed by atoms with Gasteiger partial charge in [0, 0.05) is 24.2 Å². The smallest absolute Gasteiger partial charge is 0.273 e. The van der Waals surface area contributed by atoms with Crippen molar-refractivity contribution >= 4 is 15.9 Å². The monoisotopic (exact) mass is 548 g/mol. The molecule has 8 heteroatoms. The van der Waals surface area contributed by atoms with Crippen LogP contribution in [0.15, 0.2) is 58.1 Å². The topological polar surface area (TPSA) is 90.1 Å². The molecule has 0 bridgehead atoms. The van der Waals surface area contributed by atoms with Gasteiger partial charge in [0.05, 0.1) is 17.1 Å². The minimum atomic E-state index is -1.19. The van der Waals surface area contributed by atoms with Gasteiger partial charge in [0.2, 0.25) is 0 Å². The van der Waals surface area contributed by atoms with E-state index in [9.17, 15) is 9.90 Å². The van der Waals surface area contributed by atoms with Crippen LogP contribution in [0.1, 0.15) is 47.6 Å². The molecule has 0 atom stereocenters. The molecule has 0 aliphatic rings. The number of rotatable bonds is 6. The molecule has 0 amide bonds. The summed E-state index contributed by atoms with van der Waals surface area (Å²) in [7, 11) is 0. The average molecular weight is 549 g/mol. The van der Waals surface area contributed by atoms with Gasteiger partial charge in [-0.3, -0.25) is 14.3 Å². The van der Waals surface area contributed by atoms with E-state index in [0.717, 1.165) is 27.9 Å². The summed E-state index contributed by atoms with van der Waals surface area (Å²) in [6.07, 6.45) is 3.39. The lowest BCUT2D eigenvalue weighted by Gasteiger charge is -2.18. The second-order valence-electron chi connectivity index (χ2n) is 9.52. The van der Waals surface area contributed by atoms with Crippen LogP contribution in [0.5, 0.6) is 5.75 Å². The Morgan fingerprint density at radius 1 is 1.03 bits per heavy atom. The minimum Gasteiger partial charge on any atom is -0.487 e. The van der Waals surface area contributed by atoms with Crippen LogP contribution in [-0.2, 0) is 12.2 Å². The predicted molar refractivity (Wildman–Crippen MR) is 144 cm³/mol. The molecule has 3 aromatic heterocycles. The molecular formula is C28H29BrN4O3. The van der Waals surface area contributed by atoms with Crippen molar-refractivity contribution in [2.75, 3.05) is 0 Å². The first-order valence-corrected chi connectivity index (χ1v) is 12.4. The average Bonchev–Trinajstić information content (AvgIpc) is 2.81. The number of hydrogen-bond acceptors (Lipinski definition) is 6. The second kappa shape index (κ2) is 9.95. The fourth-order valence-corrected chi connectivity index (χ4v) is 4.33. The number of nitrogens with zero attached hydrogens (tertiary/aromatic N) is 4. The lowest BCUT2D eigenvalue weighted by Crippen LogP contribution is -2.23. The van der Waals surface area contributed by atoms with Crippen LogP contribution in [0.3, 0.4) is 0 Å². The van der Waals surface area contributed by atoms with Crippen molar-refractivity contribution in [3.8, 4) is 22.8 Å².